The lowest BCUT2D eigenvalue weighted by Crippen LogP contribution is -2.55. The quantitative estimate of drug-likeness (QED) is 0.881. The van der Waals surface area contributed by atoms with Crippen LogP contribution in [0.4, 0.5) is 4.39 Å². The number of halogens is 1. The van der Waals surface area contributed by atoms with Crippen molar-refractivity contribution in [2.75, 3.05) is 19.7 Å². The molecule has 6 heteroatoms. The van der Waals surface area contributed by atoms with Crippen LogP contribution < -0.4 is 5.32 Å². The van der Waals surface area contributed by atoms with Gasteiger partial charge in [-0.1, -0.05) is 24.3 Å². The van der Waals surface area contributed by atoms with E-state index < -0.39 is 5.82 Å². The molecule has 3 rings (SSSR count). The molecule has 0 unspecified atom stereocenters. The van der Waals surface area contributed by atoms with Crippen LogP contribution in [0.1, 0.15) is 27.1 Å². The summed E-state index contributed by atoms with van der Waals surface area (Å²) in [6, 6.07) is 14.0. The first-order chi connectivity index (χ1) is 12.6. The van der Waals surface area contributed by atoms with Crippen molar-refractivity contribution in [2.45, 2.75) is 12.5 Å². The van der Waals surface area contributed by atoms with Crippen LogP contribution in [0.2, 0.25) is 0 Å². The van der Waals surface area contributed by atoms with Crippen molar-refractivity contribution in [3.05, 3.63) is 71.5 Å². The predicted molar refractivity (Wildman–Crippen MR) is 95.2 cm³/mol. The minimum atomic E-state index is -0.463. The summed E-state index contributed by atoms with van der Waals surface area (Å²) in [6.45, 7) is 0.666. The van der Waals surface area contributed by atoms with Crippen molar-refractivity contribution in [3.8, 4) is 0 Å². The van der Waals surface area contributed by atoms with Crippen molar-refractivity contribution < 1.29 is 19.1 Å². The Kier molecular flexibility index (Phi) is 5.63. The molecule has 1 heterocycles. The van der Waals surface area contributed by atoms with Crippen molar-refractivity contribution in [3.63, 3.8) is 0 Å². The minimum Gasteiger partial charge on any atom is -0.396 e. The van der Waals surface area contributed by atoms with Gasteiger partial charge >= 0.3 is 0 Å². The van der Waals surface area contributed by atoms with E-state index in [0.29, 0.717) is 18.5 Å². The van der Waals surface area contributed by atoms with Gasteiger partial charge in [0, 0.05) is 36.7 Å². The number of hydrogen-bond donors (Lipinski definition) is 2. The molecule has 0 aliphatic carbocycles. The number of carbonyl (C=O) groups excluding carboxylic acids is 2. The first kappa shape index (κ1) is 18.1. The molecule has 0 aromatic heterocycles. The van der Waals surface area contributed by atoms with Crippen LogP contribution in [-0.2, 0) is 0 Å². The number of aliphatic hydroxyl groups excluding tert-OH is 1. The second-order valence-electron chi connectivity index (χ2n) is 6.44. The molecular weight excluding hydrogens is 335 g/mol. The molecule has 2 aromatic carbocycles. The number of nitrogens with zero attached hydrogens (tertiary/aromatic N) is 1. The summed E-state index contributed by atoms with van der Waals surface area (Å²) in [5.41, 5.74) is 0.804. The third kappa shape index (κ3) is 4.08. The molecule has 2 N–H and O–H groups in total. The molecule has 0 saturated carbocycles. The molecule has 1 aliphatic rings. The number of nitrogens with one attached hydrogen (secondary N) is 1. The summed E-state index contributed by atoms with van der Waals surface area (Å²) >= 11 is 0. The van der Waals surface area contributed by atoms with E-state index in [4.69, 9.17) is 0 Å². The molecule has 1 fully saturated rings. The molecule has 2 aromatic rings. The Bertz CT molecular complexity index is 782. The predicted octanol–water partition coefficient (Wildman–Crippen LogP) is 2.08. The van der Waals surface area contributed by atoms with E-state index >= 15 is 0 Å². The van der Waals surface area contributed by atoms with Crippen molar-refractivity contribution in [1.29, 1.82) is 0 Å². The van der Waals surface area contributed by atoms with Gasteiger partial charge in [-0.25, -0.2) is 4.39 Å². The van der Waals surface area contributed by atoms with Gasteiger partial charge in [-0.3, -0.25) is 9.59 Å². The fourth-order valence-electron chi connectivity index (χ4n) is 3.21. The Labute approximate surface area is 151 Å². The van der Waals surface area contributed by atoms with Crippen LogP contribution in [0.15, 0.2) is 54.6 Å². The number of piperidine rings is 1. The van der Waals surface area contributed by atoms with Crippen molar-refractivity contribution >= 4 is 11.8 Å². The normalized spacial score (nSPS) is 19.8. The number of rotatable bonds is 4. The molecule has 1 aliphatic heterocycles. The second kappa shape index (κ2) is 8.10. The van der Waals surface area contributed by atoms with E-state index in [0.717, 1.165) is 0 Å². The Morgan fingerprint density at radius 1 is 1.12 bits per heavy atom. The van der Waals surface area contributed by atoms with Crippen molar-refractivity contribution in [2.24, 2.45) is 5.92 Å². The van der Waals surface area contributed by atoms with E-state index in [1.165, 1.54) is 18.2 Å². The number of likely N-dealkylation sites (tertiary alicyclic amines) is 1. The van der Waals surface area contributed by atoms with Crippen LogP contribution in [0.25, 0.3) is 0 Å². The lowest BCUT2D eigenvalue weighted by atomic mass is 9.91. The fourth-order valence-corrected chi connectivity index (χ4v) is 3.21. The fraction of sp³-hybridized carbons (Fsp3) is 0.300. The van der Waals surface area contributed by atoms with E-state index in [-0.39, 0.29) is 42.5 Å². The Hall–Kier alpha value is -2.73. The summed E-state index contributed by atoms with van der Waals surface area (Å²) in [4.78, 5) is 26.6. The zero-order chi connectivity index (χ0) is 18.5. The van der Waals surface area contributed by atoms with Gasteiger partial charge < -0.3 is 15.3 Å². The van der Waals surface area contributed by atoms with Crippen LogP contribution in [-0.4, -0.2) is 47.6 Å². The third-order valence-corrected chi connectivity index (χ3v) is 4.70. The topological polar surface area (TPSA) is 69.6 Å². The highest BCUT2D eigenvalue weighted by molar-refractivity contribution is 5.95. The number of carbonyl (C=O) groups is 2. The zero-order valence-corrected chi connectivity index (χ0v) is 14.3. The largest absolute Gasteiger partial charge is 0.396 e. The third-order valence-electron chi connectivity index (χ3n) is 4.70. The average molecular weight is 356 g/mol. The first-order valence-electron chi connectivity index (χ1n) is 8.60. The molecule has 26 heavy (non-hydrogen) atoms. The molecule has 136 valence electrons. The molecular formula is C20H21FN2O3. The van der Waals surface area contributed by atoms with Crippen LogP contribution in [0.3, 0.4) is 0 Å². The second-order valence-corrected chi connectivity index (χ2v) is 6.44. The molecule has 0 bridgehead atoms. The van der Waals surface area contributed by atoms with Gasteiger partial charge in [-0.15, -0.1) is 0 Å². The Balaban J connectivity index is 1.72. The Morgan fingerprint density at radius 2 is 1.85 bits per heavy atom. The summed E-state index contributed by atoms with van der Waals surface area (Å²) in [6.07, 6.45) is 0.567. The van der Waals surface area contributed by atoms with Gasteiger partial charge in [0.25, 0.3) is 11.8 Å². The summed E-state index contributed by atoms with van der Waals surface area (Å²) in [7, 11) is 0. The van der Waals surface area contributed by atoms with E-state index in [1.54, 1.807) is 35.2 Å². The van der Waals surface area contributed by atoms with Gasteiger partial charge in [0.05, 0.1) is 6.04 Å². The van der Waals surface area contributed by atoms with Gasteiger partial charge in [0.15, 0.2) is 0 Å². The smallest absolute Gasteiger partial charge is 0.254 e. The SMILES string of the molecule is O=C(N[C@@H]1CN(C(=O)c2cccc(F)c2)CC[C@@H]1CO)c1ccccc1. The first-order valence-corrected chi connectivity index (χ1v) is 8.60. The maximum Gasteiger partial charge on any atom is 0.254 e. The van der Waals surface area contributed by atoms with Gasteiger partial charge in [-0.05, 0) is 36.8 Å². The number of aliphatic hydroxyl groups is 1. The van der Waals surface area contributed by atoms with Gasteiger partial charge in [0.2, 0.25) is 0 Å². The molecule has 0 radical (unpaired) electrons. The summed E-state index contributed by atoms with van der Waals surface area (Å²) in [5.74, 6) is -1.11. The Morgan fingerprint density at radius 3 is 2.54 bits per heavy atom. The number of amides is 2. The summed E-state index contributed by atoms with van der Waals surface area (Å²) in [5, 5.41) is 12.5. The molecule has 1 saturated heterocycles. The maximum absolute atomic E-state index is 13.4. The highest BCUT2D eigenvalue weighted by Gasteiger charge is 2.32. The van der Waals surface area contributed by atoms with E-state index in [1.807, 2.05) is 6.07 Å². The molecule has 2 amide bonds. The van der Waals surface area contributed by atoms with Crippen molar-refractivity contribution in [1.82, 2.24) is 10.2 Å². The lowest BCUT2D eigenvalue weighted by molar-refractivity contribution is 0.0541. The number of hydrogen-bond acceptors (Lipinski definition) is 3. The molecule has 5 nitrogen and oxygen atoms in total. The molecule has 0 spiro atoms. The standard InChI is InChI=1S/C20H21FN2O3/c21-17-8-4-7-15(11-17)20(26)23-10-9-16(13-24)18(12-23)22-19(25)14-5-2-1-3-6-14/h1-8,11,16,18,24H,9-10,12-13H2,(H,22,25)/t16-,18-/m1/s1. The van der Waals surface area contributed by atoms with Gasteiger partial charge in [0.1, 0.15) is 5.82 Å². The highest BCUT2D eigenvalue weighted by Crippen LogP contribution is 2.20. The average Bonchev–Trinajstić information content (AvgIpc) is 2.68. The van der Waals surface area contributed by atoms with Crippen LogP contribution >= 0.6 is 0 Å². The van der Waals surface area contributed by atoms with E-state index in [9.17, 15) is 19.1 Å². The van der Waals surface area contributed by atoms with E-state index in [2.05, 4.69) is 5.32 Å². The lowest BCUT2D eigenvalue weighted by Gasteiger charge is -2.38. The minimum absolute atomic E-state index is 0.0677. The zero-order valence-electron chi connectivity index (χ0n) is 14.3. The van der Waals surface area contributed by atoms with Crippen LogP contribution in [0.5, 0.6) is 0 Å². The maximum atomic E-state index is 13.4. The monoisotopic (exact) mass is 356 g/mol. The molecule has 2 atom stereocenters. The highest BCUT2D eigenvalue weighted by atomic mass is 19.1. The number of benzene rings is 2. The summed E-state index contributed by atoms with van der Waals surface area (Å²) < 4.78 is 13.4. The van der Waals surface area contributed by atoms with Gasteiger partial charge in [-0.2, -0.15) is 0 Å². The van der Waals surface area contributed by atoms with Crippen LogP contribution in [0, 0.1) is 11.7 Å².